The summed E-state index contributed by atoms with van der Waals surface area (Å²) in [5.41, 5.74) is 2.10. The lowest BCUT2D eigenvalue weighted by Gasteiger charge is -2.23. The fourth-order valence-electron chi connectivity index (χ4n) is 3.30. The van der Waals surface area contributed by atoms with Gasteiger partial charge in [0.15, 0.2) is 6.61 Å². The van der Waals surface area contributed by atoms with Gasteiger partial charge in [-0.05, 0) is 56.5 Å². The van der Waals surface area contributed by atoms with Crippen LogP contribution in [0.2, 0.25) is 0 Å². The van der Waals surface area contributed by atoms with Crippen LogP contribution in [0.15, 0.2) is 48.5 Å². The molecule has 2 aromatic rings. The van der Waals surface area contributed by atoms with Gasteiger partial charge in [-0.1, -0.05) is 25.1 Å². The van der Waals surface area contributed by atoms with Crippen LogP contribution in [0.5, 0.6) is 5.75 Å². The lowest BCUT2D eigenvalue weighted by Crippen LogP contribution is -2.33. The number of nitrogens with zero attached hydrogens (tertiary/aromatic N) is 1. The van der Waals surface area contributed by atoms with Crippen molar-refractivity contribution in [1.82, 2.24) is 5.32 Å². The Morgan fingerprint density at radius 3 is 2.52 bits per heavy atom. The summed E-state index contributed by atoms with van der Waals surface area (Å²) in [6.45, 7) is 5.82. The van der Waals surface area contributed by atoms with Gasteiger partial charge in [0.2, 0.25) is 0 Å². The molecule has 1 heterocycles. The first-order valence-corrected chi connectivity index (χ1v) is 10.2. The summed E-state index contributed by atoms with van der Waals surface area (Å²) >= 11 is 0. The number of hydrogen-bond donors (Lipinski definition) is 2. The van der Waals surface area contributed by atoms with Crippen LogP contribution in [0, 0.1) is 0 Å². The molecule has 154 valence electrons. The molecule has 2 amide bonds. The predicted molar refractivity (Wildman–Crippen MR) is 116 cm³/mol. The second-order valence-corrected chi connectivity index (χ2v) is 7.36. The molecule has 3 rings (SSSR count). The third-order valence-electron chi connectivity index (χ3n) is 5.07. The number of ether oxygens (including phenoxy) is 1. The van der Waals surface area contributed by atoms with Crippen molar-refractivity contribution in [1.29, 1.82) is 0 Å². The average Bonchev–Trinajstić information content (AvgIpc) is 3.27. The van der Waals surface area contributed by atoms with E-state index < -0.39 is 0 Å². The third kappa shape index (κ3) is 5.73. The molecule has 0 unspecified atom stereocenters. The molecule has 2 aromatic carbocycles. The number of nitrogens with one attached hydrogen (secondary N) is 2. The number of anilines is 2. The second kappa shape index (κ2) is 9.96. The first-order valence-electron chi connectivity index (χ1n) is 10.2. The van der Waals surface area contributed by atoms with Crippen LogP contribution >= 0.6 is 0 Å². The van der Waals surface area contributed by atoms with Crippen molar-refractivity contribution < 1.29 is 14.3 Å². The predicted octanol–water partition coefficient (Wildman–Crippen LogP) is 3.83. The number of rotatable bonds is 8. The third-order valence-corrected chi connectivity index (χ3v) is 5.07. The van der Waals surface area contributed by atoms with Gasteiger partial charge in [0.25, 0.3) is 11.8 Å². The summed E-state index contributed by atoms with van der Waals surface area (Å²) in [5, 5.41) is 5.86. The van der Waals surface area contributed by atoms with Crippen LogP contribution in [-0.4, -0.2) is 37.6 Å². The summed E-state index contributed by atoms with van der Waals surface area (Å²) in [4.78, 5) is 27.4. The molecular weight excluding hydrogens is 366 g/mol. The van der Waals surface area contributed by atoms with Gasteiger partial charge in [0, 0.05) is 30.5 Å². The molecule has 29 heavy (non-hydrogen) atoms. The maximum atomic E-state index is 12.9. The molecule has 0 radical (unpaired) electrons. The Labute approximate surface area is 172 Å². The number of hydrogen-bond acceptors (Lipinski definition) is 4. The molecule has 0 aromatic heterocycles. The van der Waals surface area contributed by atoms with Gasteiger partial charge in [-0.15, -0.1) is 0 Å². The zero-order valence-corrected chi connectivity index (χ0v) is 17.1. The first-order chi connectivity index (χ1) is 14.1. The fraction of sp³-hybridized carbons (Fsp3) is 0.391. The highest BCUT2D eigenvalue weighted by Gasteiger charge is 2.21. The Bertz CT molecular complexity index is 833. The van der Waals surface area contributed by atoms with Crippen molar-refractivity contribution in [3.63, 3.8) is 0 Å². The molecular formula is C23H29N3O3. The molecule has 0 saturated carbocycles. The maximum absolute atomic E-state index is 12.9. The Hall–Kier alpha value is -3.02. The SMILES string of the molecule is CC[C@H](C)NC(=O)c1cc(NC(=O)COc2ccccc2)ccc1N1CCCC1. The van der Waals surface area contributed by atoms with Gasteiger partial charge in [-0.3, -0.25) is 9.59 Å². The maximum Gasteiger partial charge on any atom is 0.262 e. The highest BCUT2D eigenvalue weighted by atomic mass is 16.5. The van der Waals surface area contributed by atoms with Crippen molar-refractivity contribution in [3.8, 4) is 5.75 Å². The summed E-state index contributed by atoms with van der Waals surface area (Å²) in [6.07, 6.45) is 3.11. The number of carbonyl (C=O) groups is 2. The van der Waals surface area contributed by atoms with Crippen molar-refractivity contribution in [2.75, 3.05) is 29.9 Å². The van der Waals surface area contributed by atoms with Crippen LogP contribution in [0.25, 0.3) is 0 Å². The van der Waals surface area contributed by atoms with Crippen molar-refractivity contribution in [2.45, 2.75) is 39.2 Å². The van der Waals surface area contributed by atoms with E-state index in [1.165, 1.54) is 0 Å². The van der Waals surface area contributed by atoms with E-state index in [-0.39, 0.29) is 24.5 Å². The quantitative estimate of drug-likeness (QED) is 0.713. The van der Waals surface area contributed by atoms with Gasteiger partial charge in [-0.25, -0.2) is 0 Å². The molecule has 0 aliphatic carbocycles. The number of carbonyl (C=O) groups excluding carboxylic acids is 2. The van der Waals surface area contributed by atoms with Gasteiger partial charge in [0.05, 0.1) is 5.56 Å². The molecule has 6 nitrogen and oxygen atoms in total. The highest BCUT2D eigenvalue weighted by molar-refractivity contribution is 6.02. The molecule has 0 bridgehead atoms. The number of para-hydroxylation sites is 1. The monoisotopic (exact) mass is 395 g/mol. The second-order valence-electron chi connectivity index (χ2n) is 7.36. The fourth-order valence-corrected chi connectivity index (χ4v) is 3.30. The van der Waals surface area contributed by atoms with Crippen LogP contribution in [0.1, 0.15) is 43.5 Å². The number of amides is 2. The Morgan fingerprint density at radius 1 is 1.10 bits per heavy atom. The molecule has 1 aliphatic rings. The minimum absolute atomic E-state index is 0.0893. The Balaban J connectivity index is 1.72. The Morgan fingerprint density at radius 2 is 1.83 bits per heavy atom. The molecule has 1 atom stereocenters. The van der Waals surface area contributed by atoms with Crippen LogP contribution in [0.3, 0.4) is 0 Å². The van der Waals surface area contributed by atoms with Gasteiger partial charge >= 0.3 is 0 Å². The van der Waals surface area contributed by atoms with E-state index in [1.54, 1.807) is 18.2 Å². The largest absolute Gasteiger partial charge is 0.484 e. The molecule has 1 fully saturated rings. The molecule has 2 N–H and O–H groups in total. The first kappa shape index (κ1) is 20.7. The summed E-state index contributed by atoms with van der Waals surface area (Å²) in [6, 6.07) is 14.8. The normalized spacial score (nSPS) is 14.3. The molecule has 6 heteroatoms. The van der Waals surface area contributed by atoms with E-state index in [0.29, 0.717) is 17.0 Å². The van der Waals surface area contributed by atoms with E-state index in [2.05, 4.69) is 15.5 Å². The van der Waals surface area contributed by atoms with Gasteiger partial charge in [-0.2, -0.15) is 0 Å². The minimum Gasteiger partial charge on any atom is -0.484 e. The molecule has 1 saturated heterocycles. The summed E-state index contributed by atoms with van der Waals surface area (Å²) in [5.74, 6) is 0.259. The smallest absolute Gasteiger partial charge is 0.262 e. The van der Waals surface area contributed by atoms with Crippen molar-refractivity contribution in [2.24, 2.45) is 0 Å². The zero-order chi connectivity index (χ0) is 20.6. The highest BCUT2D eigenvalue weighted by Crippen LogP contribution is 2.28. The summed E-state index contributed by atoms with van der Waals surface area (Å²) in [7, 11) is 0. The van der Waals surface area contributed by atoms with Gasteiger partial charge in [0.1, 0.15) is 5.75 Å². The van der Waals surface area contributed by atoms with Crippen molar-refractivity contribution in [3.05, 3.63) is 54.1 Å². The van der Waals surface area contributed by atoms with E-state index in [4.69, 9.17) is 4.74 Å². The molecule has 0 spiro atoms. The Kier molecular flexibility index (Phi) is 7.11. The van der Waals surface area contributed by atoms with E-state index >= 15 is 0 Å². The summed E-state index contributed by atoms with van der Waals surface area (Å²) < 4.78 is 5.49. The standard InChI is InChI=1S/C23H29N3O3/c1-3-17(2)24-23(28)20-15-18(11-12-21(20)26-13-7-8-14-26)25-22(27)16-29-19-9-5-4-6-10-19/h4-6,9-12,15,17H,3,7-8,13-14,16H2,1-2H3,(H,24,28)(H,25,27)/t17-/m0/s1. The van der Waals surface area contributed by atoms with Crippen LogP contribution in [0.4, 0.5) is 11.4 Å². The average molecular weight is 396 g/mol. The van der Waals surface area contributed by atoms with E-state index in [0.717, 1.165) is 38.0 Å². The molecule has 1 aliphatic heterocycles. The number of benzene rings is 2. The topological polar surface area (TPSA) is 70.7 Å². The van der Waals surface area contributed by atoms with Crippen molar-refractivity contribution >= 4 is 23.2 Å². The lowest BCUT2D eigenvalue weighted by atomic mass is 10.1. The van der Waals surface area contributed by atoms with Crippen LogP contribution < -0.4 is 20.3 Å². The van der Waals surface area contributed by atoms with E-state index in [9.17, 15) is 9.59 Å². The van der Waals surface area contributed by atoms with Crippen LogP contribution in [-0.2, 0) is 4.79 Å². The zero-order valence-electron chi connectivity index (χ0n) is 17.1. The van der Waals surface area contributed by atoms with E-state index in [1.807, 2.05) is 44.2 Å². The van der Waals surface area contributed by atoms with Gasteiger partial charge < -0.3 is 20.3 Å². The minimum atomic E-state index is -0.268. The lowest BCUT2D eigenvalue weighted by molar-refractivity contribution is -0.118.